The number of carbonyl (C=O) groups excluding carboxylic acids is 1. The van der Waals surface area contributed by atoms with E-state index >= 15 is 0 Å². The van der Waals surface area contributed by atoms with Crippen molar-refractivity contribution in [1.29, 1.82) is 0 Å². The van der Waals surface area contributed by atoms with Crippen molar-refractivity contribution in [2.24, 2.45) is 0 Å². The number of fused-ring (bicyclic) bond motifs is 1. The van der Waals surface area contributed by atoms with Crippen molar-refractivity contribution < 1.29 is 14.3 Å². The minimum atomic E-state index is -0.227. The Labute approximate surface area is 133 Å². The molecule has 3 aromatic rings. The van der Waals surface area contributed by atoms with Crippen LogP contribution in [-0.4, -0.2) is 25.1 Å². The Kier molecular flexibility index (Phi) is 4.10. The van der Waals surface area contributed by atoms with Gasteiger partial charge in [0.25, 0.3) is 5.91 Å². The molecule has 2 aromatic carbocycles. The number of nitrogens with one attached hydrogen (secondary N) is 1. The highest BCUT2D eigenvalue weighted by molar-refractivity contribution is 6.12. The highest BCUT2D eigenvalue weighted by Gasteiger charge is 2.13. The van der Waals surface area contributed by atoms with Crippen molar-refractivity contribution in [3.8, 4) is 11.5 Å². The number of hydrogen-bond donors (Lipinski definition) is 1. The van der Waals surface area contributed by atoms with Crippen LogP contribution in [0.1, 0.15) is 10.4 Å². The predicted octanol–water partition coefficient (Wildman–Crippen LogP) is 3.50. The highest BCUT2D eigenvalue weighted by atomic mass is 16.5. The molecule has 0 atom stereocenters. The fourth-order valence-electron chi connectivity index (χ4n) is 2.40. The van der Waals surface area contributed by atoms with Gasteiger partial charge in [-0.15, -0.1) is 0 Å². The molecule has 3 rings (SSSR count). The van der Waals surface area contributed by atoms with Gasteiger partial charge in [0.1, 0.15) is 11.5 Å². The van der Waals surface area contributed by atoms with Gasteiger partial charge in [0.2, 0.25) is 0 Å². The first-order valence-corrected chi connectivity index (χ1v) is 7.10. The number of pyridine rings is 1. The summed E-state index contributed by atoms with van der Waals surface area (Å²) in [6.07, 6.45) is 1.70. The lowest BCUT2D eigenvalue weighted by molar-refractivity contribution is 0.102. The van der Waals surface area contributed by atoms with Gasteiger partial charge < -0.3 is 14.8 Å². The Morgan fingerprint density at radius 2 is 1.91 bits per heavy atom. The number of anilines is 1. The minimum Gasteiger partial charge on any atom is -0.497 e. The van der Waals surface area contributed by atoms with E-state index < -0.39 is 0 Å². The zero-order chi connectivity index (χ0) is 16.2. The van der Waals surface area contributed by atoms with Gasteiger partial charge in [-0.25, -0.2) is 0 Å². The van der Waals surface area contributed by atoms with E-state index in [-0.39, 0.29) is 5.91 Å². The van der Waals surface area contributed by atoms with Gasteiger partial charge in [0.15, 0.2) is 0 Å². The molecular weight excluding hydrogens is 292 g/mol. The van der Waals surface area contributed by atoms with Crippen LogP contribution < -0.4 is 14.8 Å². The summed E-state index contributed by atoms with van der Waals surface area (Å²) in [6, 6.07) is 14.4. The maximum Gasteiger partial charge on any atom is 0.256 e. The summed E-state index contributed by atoms with van der Waals surface area (Å²) in [4.78, 5) is 16.9. The predicted molar refractivity (Wildman–Crippen MR) is 89.2 cm³/mol. The topological polar surface area (TPSA) is 60.5 Å². The molecule has 0 fully saturated rings. The van der Waals surface area contributed by atoms with Crippen molar-refractivity contribution in [3.63, 3.8) is 0 Å². The molecule has 116 valence electrons. The lowest BCUT2D eigenvalue weighted by atomic mass is 10.1. The van der Waals surface area contributed by atoms with Crippen LogP contribution in [0.4, 0.5) is 5.69 Å². The maximum absolute atomic E-state index is 12.7. The standard InChI is InChI=1S/C18H16N2O3/c1-22-12-8-9-17(23-2)16(11-12)20-18(21)14-5-3-7-15-13(14)6-4-10-19-15/h3-11H,1-2H3,(H,20,21). The molecule has 0 aliphatic heterocycles. The quantitative estimate of drug-likeness (QED) is 0.801. The van der Waals surface area contributed by atoms with Crippen molar-refractivity contribution in [2.45, 2.75) is 0 Å². The number of aromatic nitrogens is 1. The zero-order valence-corrected chi connectivity index (χ0v) is 12.9. The minimum absolute atomic E-state index is 0.227. The average Bonchev–Trinajstić information content (AvgIpc) is 2.61. The average molecular weight is 308 g/mol. The first kappa shape index (κ1) is 14.8. The molecule has 5 nitrogen and oxygen atoms in total. The molecule has 5 heteroatoms. The number of carbonyl (C=O) groups is 1. The second kappa shape index (κ2) is 6.36. The van der Waals surface area contributed by atoms with Crippen LogP contribution in [-0.2, 0) is 0 Å². The summed E-state index contributed by atoms with van der Waals surface area (Å²) in [5.74, 6) is 0.980. The van der Waals surface area contributed by atoms with E-state index in [1.807, 2.05) is 24.3 Å². The monoisotopic (exact) mass is 308 g/mol. The van der Waals surface area contributed by atoms with Crippen LogP contribution in [0, 0.1) is 0 Å². The molecule has 1 aromatic heterocycles. The molecule has 0 spiro atoms. The van der Waals surface area contributed by atoms with Crippen LogP contribution in [0.15, 0.2) is 54.7 Å². The molecule has 1 heterocycles. The Morgan fingerprint density at radius 1 is 1.04 bits per heavy atom. The first-order chi connectivity index (χ1) is 11.2. The van der Waals surface area contributed by atoms with E-state index in [2.05, 4.69) is 10.3 Å². The Balaban J connectivity index is 1.98. The third-order valence-corrected chi connectivity index (χ3v) is 3.55. The third kappa shape index (κ3) is 2.94. The summed E-state index contributed by atoms with van der Waals surface area (Å²) in [5, 5.41) is 3.67. The van der Waals surface area contributed by atoms with Gasteiger partial charge in [-0.3, -0.25) is 9.78 Å². The normalized spacial score (nSPS) is 10.3. The molecular formula is C18H16N2O3. The summed E-state index contributed by atoms with van der Waals surface area (Å²) in [5.41, 5.74) is 1.89. The number of hydrogen-bond acceptors (Lipinski definition) is 4. The van der Waals surface area contributed by atoms with Crippen LogP contribution in [0.5, 0.6) is 11.5 Å². The van der Waals surface area contributed by atoms with Crippen molar-refractivity contribution in [2.75, 3.05) is 19.5 Å². The molecule has 0 saturated heterocycles. The molecule has 0 saturated carbocycles. The van der Waals surface area contributed by atoms with Gasteiger partial charge in [-0.1, -0.05) is 12.1 Å². The lowest BCUT2D eigenvalue weighted by Crippen LogP contribution is -2.13. The Hall–Kier alpha value is -3.08. The van der Waals surface area contributed by atoms with Crippen LogP contribution >= 0.6 is 0 Å². The number of ether oxygens (including phenoxy) is 2. The van der Waals surface area contributed by atoms with E-state index in [1.54, 1.807) is 44.7 Å². The van der Waals surface area contributed by atoms with Crippen LogP contribution in [0.2, 0.25) is 0 Å². The molecule has 1 amide bonds. The lowest BCUT2D eigenvalue weighted by Gasteiger charge is -2.12. The molecule has 0 aliphatic rings. The van der Waals surface area contributed by atoms with E-state index in [1.165, 1.54) is 0 Å². The Bertz CT molecular complexity index is 857. The van der Waals surface area contributed by atoms with Gasteiger partial charge in [0.05, 0.1) is 25.4 Å². The molecule has 0 unspecified atom stereocenters. The molecule has 0 radical (unpaired) electrons. The number of benzene rings is 2. The van der Waals surface area contributed by atoms with E-state index in [0.29, 0.717) is 22.7 Å². The molecule has 23 heavy (non-hydrogen) atoms. The fraction of sp³-hybridized carbons (Fsp3) is 0.111. The summed E-state index contributed by atoms with van der Waals surface area (Å²) in [7, 11) is 3.13. The number of amides is 1. The third-order valence-electron chi connectivity index (χ3n) is 3.55. The van der Waals surface area contributed by atoms with Crippen molar-refractivity contribution in [1.82, 2.24) is 4.98 Å². The second-order valence-corrected chi connectivity index (χ2v) is 4.90. The van der Waals surface area contributed by atoms with Gasteiger partial charge in [0, 0.05) is 23.2 Å². The number of rotatable bonds is 4. The first-order valence-electron chi connectivity index (χ1n) is 7.10. The van der Waals surface area contributed by atoms with E-state index in [4.69, 9.17) is 9.47 Å². The molecule has 0 bridgehead atoms. The highest BCUT2D eigenvalue weighted by Crippen LogP contribution is 2.29. The zero-order valence-electron chi connectivity index (χ0n) is 12.9. The summed E-state index contributed by atoms with van der Waals surface area (Å²) < 4.78 is 10.5. The van der Waals surface area contributed by atoms with Crippen LogP contribution in [0.25, 0.3) is 10.9 Å². The largest absolute Gasteiger partial charge is 0.497 e. The fourth-order valence-corrected chi connectivity index (χ4v) is 2.40. The van der Waals surface area contributed by atoms with Crippen molar-refractivity contribution >= 4 is 22.5 Å². The van der Waals surface area contributed by atoms with E-state index in [9.17, 15) is 4.79 Å². The molecule has 0 aliphatic carbocycles. The van der Waals surface area contributed by atoms with Crippen molar-refractivity contribution in [3.05, 3.63) is 60.3 Å². The SMILES string of the molecule is COc1ccc(OC)c(NC(=O)c2cccc3ncccc23)c1. The summed E-state index contributed by atoms with van der Waals surface area (Å²) in [6.45, 7) is 0. The smallest absolute Gasteiger partial charge is 0.256 e. The number of nitrogens with zero attached hydrogens (tertiary/aromatic N) is 1. The summed E-state index contributed by atoms with van der Waals surface area (Å²) >= 11 is 0. The Morgan fingerprint density at radius 3 is 2.70 bits per heavy atom. The van der Waals surface area contributed by atoms with E-state index in [0.717, 1.165) is 10.9 Å². The van der Waals surface area contributed by atoms with Gasteiger partial charge in [-0.05, 0) is 30.3 Å². The van der Waals surface area contributed by atoms with Gasteiger partial charge >= 0.3 is 0 Å². The van der Waals surface area contributed by atoms with Crippen LogP contribution in [0.3, 0.4) is 0 Å². The second-order valence-electron chi connectivity index (χ2n) is 4.90. The molecule has 1 N–H and O–H groups in total. The number of methoxy groups -OCH3 is 2. The van der Waals surface area contributed by atoms with Gasteiger partial charge in [-0.2, -0.15) is 0 Å². The maximum atomic E-state index is 12.7.